The molecule has 1 aromatic carbocycles. The molecule has 25 heavy (non-hydrogen) atoms. The molecule has 0 saturated heterocycles. The van der Waals surface area contributed by atoms with Gasteiger partial charge in [-0.05, 0) is 31.2 Å². The van der Waals surface area contributed by atoms with Gasteiger partial charge in [0.25, 0.3) is 0 Å². The van der Waals surface area contributed by atoms with Gasteiger partial charge in [-0.25, -0.2) is 0 Å². The average Bonchev–Trinajstić information content (AvgIpc) is 3.00. The minimum absolute atomic E-state index is 0.0310. The predicted molar refractivity (Wildman–Crippen MR) is 101 cm³/mol. The van der Waals surface area contributed by atoms with Gasteiger partial charge in [0.05, 0.1) is 20.2 Å². The Morgan fingerprint density at radius 3 is 2.56 bits per heavy atom. The molecule has 1 aromatic heterocycles. The van der Waals surface area contributed by atoms with Crippen molar-refractivity contribution in [1.82, 2.24) is 14.8 Å². The van der Waals surface area contributed by atoms with Crippen LogP contribution in [0, 0.1) is 0 Å². The van der Waals surface area contributed by atoms with Gasteiger partial charge < -0.3 is 24.3 Å². The van der Waals surface area contributed by atoms with Gasteiger partial charge in [-0.2, -0.15) is 0 Å². The molecular formula is C19H28N4O2. The molecule has 1 atom stereocenters. The first kappa shape index (κ1) is 18.7. The van der Waals surface area contributed by atoms with Crippen LogP contribution in [-0.2, 0) is 13.6 Å². The molecule has 1 heterocycles. The Labute approximate surface area is 150 Å². The average molecular weight is 344 g/mol. The molecule has 136 valence electrons. The van der Waals surface area contributed by atoms with Crippen LogP contribution in [0.15, 0.2) is 47.6 Å². The van der Waals surface area contributed by atoms with Crippen LogP contribution in [0.5, 0.6) is 11.5 Å². The highest BCUT2D eigenvalue weighted by Gasteiger charge is 2.12. The highest BCUT2D eigenvalue weighted by Crippen LogP contribution is 2.26. The maximum atomic E-state index is 5.97. The summed E-state index contributed by atoms with van der Waals surface area (Å²) in [6, 6.07) is 11.8. The quantitative estimate of drug-likeness (QED) is 0.619. The van der Waals surface area contributed by atoms with Gasteiger partial charge in [0.15, 0.2) is 17.5 Å². The van der Waals surface area contributed by atoms with Crippen LogP contribution in [0.1, 0.15) is 12.6 Å². The SMILES string of the molecule is CN=C(NCC(C)Oc1ccccc1OC)N(C)Cc1cccn1C. The molecule has 0 bridgehead atoms. The minimum Gasteiger partial charge on any atom is -0.493 e. The molecule has 6 nitrogen and oxygen atoms in total. The van der Waals surface area contributed by atoms with Crippen LogP contribution in [0.2, 0.25) is 0 Å². The van der Waals surface area contributed by atoms with Crippen molar-refractivity contribution in [3.8, 4) is 11.5 Å². The second-order valence-electron chi connectivity index (χ2n) is 5.97. The summed E-state index contributed by atoms with van der Waals surface area (Å²) in [5.41, 5.74) is 1.23. The van der Waals surface area contributed by atoms with Crippen molar-refractivity contribution in [2.75, 3.05) is 27.7 Å². The standard InChI is InChI=1S/C19H28N4O2/c1-15(25-18-11-7-6-10-17(18)24-5)13-21-19(20-2)23(4)14-16-9-8-12-22(16)3/h6-12,15H,13-14H2,1-5H3,(H,20,21). The highest BCUT2D eigenvalue weighted by molar-refractivity contribution is 5.79. The topological polar surface area (TPSA) is 51.0 Å². The van der Waals surface area contributed by atoms with Crippen LogP contribution < -0.4 is 14.8 Å². The van der Waals surface area contributed by atoms with E-state index in [-0.39, 0.29) is 6.10 Å². The lowest BCUT2D eigenvalue weighted by atomic mass is 10.3. The van der Waals surface area contributed by atoms with Gasteiger partial charge in [-0.1, -0.05) is 12.1 Å². The summed E-state index contributed by atoms with van der Waals surface area (Å²) < 4.78 is 13.4. The van der Waals surface area contributed by atoms with Crippen LogP contribution in [0.4, 0.5) is 0 Å². The maximum Gasteiger partial charge on any atom is 0.193 e. The summed E-state index contributed by atoms with van der Waals surface area (Å²) in [5.74, 6) is 2.31. The second kappa shape index (κ2) is 9.01. The molecule has 0 radical (unpaired) electrons. The van der Waals surface area contributed by atoms with E-state index in [1.54, 1.807) is 14.2 Å². The third-order valence-electron chi connectivity index (χ3n) is 3.97. The number of methoxy groups -OCH3 is 1. The number of rotatable bonds is 7. The van der Waals surface area contributed by atoms with E-state index in [0.717, 1.165) is 24.0 Å². The van der Waals surface area contributed by atoms with E-state index in [2.05, 4.69) is 25.8 Å². The Morgan fingerprint density at radius 1 is 1.24 bits per heavy atom. The molecule has 2 rings (SSSR count). The largest absolute Gasteiger partial charge is 0.493 e. The summed E-state index contributed by atoms with van der Waals surface area (Å²) in [6.45, 7) is 3.44. The maximum absolute atomic E-state index is 5.97. The number of hydrogen-bond donors (Lipinski definition) is 1. The van der Waals surface area contributed by atoms with Gasteiger partial charge >= 0.3 is 0 Å². The lowest BCUT2D eigenvalue weighted by molar-refractivity contribution is 0.212. The van der Waals surface area contributed by atoms with Crippen molar-refractivity contribution in [1.29, 1.82) is 0 Å². The number of nitrogens with zero attached hydrogens (tertiary/aromatic N) is 3. The number of hydrogen-bond acceptors (Lipinski definition) is 3. The third-order valence-corrected chi connectivity index (χ3v) is 3.97. The molecule has 2 aromatic rings. The molecule has 1 unspecified atom stereocenters. The van der Waals surface area contributed by atoms with Crippen LogP contribution in [0.25, 0.3) is 0 Å². The van der Waals surface area contributed by atoms with Crippen molar-refractivity contribution in [3.63, 3.8) is 0 Å². The van der Waals surface area contributed by atoms with Crippen LogP contribution >= 0.6 is 0 Å². The number of benzene rings is 1. The molecular weight excluding hydrogens is 316 g/mol. The zero-order chi connectivity index (χ0) is 18.2. The molecule has 0 aliphatic rings. The van der Waals surface area contributed by atoms with Gasteiger partial charge in [-0.15, -0.1) is 0 Å². The van der Waals surface area contributed by atoms with Gasteiger partial charge in [0.2, 0.25) is 0 Å². The Kier molecular flexibility index (Phi) is 6.74. The molecule has 0 saturated carbocycles. The molecule has 6 heteroatoms. The van der Waals surface area contributed by atoms with Crippen molar-refractivity contribution in [3.05, 3.63) is 48.3 Å². The summed E-state index contributed by atoms with van der Waals surface area (Å²) in [5, 5.41) is 3.36. The Morgan fingerprint density at radius 2 is 1.96 bits per heavy atom. The fourth-order valence-corrected chi connectivity index (χ4v) is 2.57. The second-order valence-corrected chi connectivity index (χ2v) is 5.97. The molecule has 0 aliphatic heterocycles. The zero-order valence-electron chi connectivity index (χ0n) is 15.7. The molecule has 1 N–H and O–H groups in total. The smallest absolute Gasteiger partial charge is 0.193 e. The fraction of sp³-hybridized carbons (Fsp3) is 0.421. The monoisotopic (exact) mass is 344 g/mol. The van der Waals surface area contributed by atoms with Crippen LogP contribution in [-0.4, -0.2) is 49.3 Å². The fourth-order valence-electron chi connectivity index (χ4n) is 2.57. The zero-order valence-corrected chi connectivity index (χ0v) is 15.7. The summed E-state index contributed by atoms with van der Waals surface area (Å²) in [7, 11) is 7.50. The number of ether oxygens (including phenoxy) is 2. The number of aliphatic imine (C=N–C) groups is 1. The van der Waals surface area contributed by atoms with E-state index >= 15 is 0 Å². The van der Waals surface area contributed by atoms with Crippen molar-refractivity contribution < 1.29 is 9.47 Å². The minimum atomic E-state index is -0.0310. The van der Waals surface area contributed by atoms with E-state index in [1.807, 2.05) is 57.5 Å². The van der Waals surface area contributed by atoms with Crippen molar-refractivity contribution in [2.24, 2.45) is 12.0 Å². The van der Waals surface area contributed by atoms with E-state index in [4.69, 9.17) is 9.47 Å². The number of para-hydroxylation sites is 2. The Hall–Kier alpha value is -2.63. The van der Waals surface area contributed by atoms with Crippen molar-refractivity contribution >= 4 is 5.96 Å². The first-order valence-electron chi connectivity index (χ1n) is 8.36. The van der Waals surface area contributed by atoms with Crippen molar-refractivity contribution in [2.45, 2.75) is 19.6 Å². The third kappa shape index (κ3) is 5.17. The number of nitrogens with one attached hydrogen (secondary N) is 1. The predicted octanol–water partition coefficient (Wildman–Crippen LogP) is 2.51. The van der Waals surface area contributed by atoms with E-state index < -0.39 is 0 Å². The Balaban J connectivity index is 1.88. The number of aromatic nitrogens is 1. The van der Waals surface area contributed by atoms with Gasteiger partial charge in [0, 0.05) is 33.0 Å². The van der Waals surface area contributed by atoms with Gasteiger partial charge in [0.1, 0.15) is 6.10 Å². The van der Waals surface area contributed by atoms with Crippen LogP contribution in [0.3, 0.4) is 0 Å². The van der Waals surface area contributed by atoms with E-state index in [0.29, 0.717) is 6.54 Å². The molecule has 0 amide bonds. The summed E-state index contributed by atoms with van der Waals surface area (Å²) in [4.78, 5) is 6.44. The van der Waals surface area contributed by atoms with E-state index in [1.165, 1.54) is 5.69 Å². The highest BCUT2D eigenvalue weighted by atomic mass is 16.5. The van der Waals surface area contributed by atoms with Gasteiger partial charge in [-0.3, -0.25) is 4.99 Å². The van der Waals surface area contributed by atoms with E-state index in [9.17, 15) is 0 Å². The number of guanidine groups is 1. The summed E-state index contributed by atoms with van der Waals surface area (Å²) in [6.07, 6.45) is 2.01. The molecule has 0 aliphatic carbocycles. The lowest BCUT2D eigenvalue weighted by Gasteiger charge is -2.24. The normalized spacial score (nSPS) is 12.6. The first-order valence-corrected chi connectivity index (χ1v) is 8.36. The summed E-state index contributed by atoms with van der Waals surface area (Å²) >= 11 is 0. The Bertz CT molecular complexity index is 696. The molecule has 0 fully saturated rings. The number of aryl methyl sites for hydroxylation is 1. The first-order chi connectivity index (χ1) is 12.0. The lowest BCUT2D eigenvalue weighted by Crippen LogP contribution is -2.42. The molecule has 0 spiro atoms.